The number of carboxylic acid groups (broad SMARTS) is 1. The second-order valence-corrected chi connectivity index (χ2v) is 8.30. The Morgan fingerprint density at radius 1 is 1.23 bits per heavy atom. The van der Waals surface area contributed by atoms with Crippen molar-refractivity contribution in [2.24, 2.45) is 0 Å². The Morgan fingerprint density at radius 2 is 1.88 bits per heavy atom. The highest BCUT2D eigenvalue weighted by molar-refractivity contribution is 7.89. The first-order valence-corrected chi connectivity index (χ1v) is 10.4. The Balaban J connectivity index is 2.21. The van der Waals surface area contributed by atoms with Gasteiger partial charge in [0.05, 0.1) is 4.90 Å². The monoisotopic (exact) mass is 382 g/mol. The maximum atomic E-state index is 12.6. The molecule has 1 aliphatic heterocycles. The molecule has 0 aliphatic carbocycles. The summed E-state index contributed by atoms with van der Waals surface area (Å²) in [5.74, 6) is -1.17. The minimum Gasteiger partial charge on any atom is -0.480 e. The van der Waals surface area contributed by atoms with Crippen molar-refractivity contribution in [3.05, 3.63) is 29.3 Å². The number of carboxylic acids is 1. The Labute approximate surface area is 154 Å². The van der Waals surface area contributed by atoms with Gasteiger partial charge in [-0.15, -0.1) is 0 Å². The molecule has 0 spiro atoms. The summed E-state index contributed by atoms with van der Waals surface area (Å²) in [6.45, 7) is 4.61. The number of hydrogen-bond donors (Lipinski definition) is 2. The number of aliphatic carboxylic acids is 1. The molecule has 1 heterocycles. The molecule has 0 radical (unpaired) electrons. The van der Waals surface area contributed by atoms with Crippen LogP contribution in [0.5, 0.6) is 0 Å². The van der Waals surface area contributed by atoms with E-state index in [0.717, 1.165) is 17.5 Å². The molecule has 0 bridgehead atoms. The van der Waals surface area contributed by atoms with Gasteiger partial charge in [-0.2, -0.15) is 4.72 Å². The summed E-state index contributed by atoms with van der Waals surface area (Å²) in [5.41, 5.74) is 1.91. The van der Waals surface area contributed by atoms with Gasteiger partial charge in [0.1, 0.15) is 6.04 Å². The summed E-state index contributed by atoms with van der Waals surface area (Å²) in [6.07, 6.45) is 2.93. The third-order valence-corrected chi connectivity index (χ3v) is 6.15. The van der Waals surface area contributed by atoms with Crippen molar-refractivity contribution in [3.63, 3.8) is 0 Å². The summed E-state index contributed by atoms with van der Waals surface area (Å²) >= 11 is 0. The lowest BCUT2D eigenvalue weighted by molar-refractivity contribution is -0.139. The fraction of sp³-hybridized carbons (Fsp3) is 0.556. The van der Waals surface area contributed by atoms with Crippen molar-refractivity contribution in [1.82, 2.24) is 9.62 Å². The molecule has 1 aromatic rings. The lowest BCUT2D eigenvalue weighted by atomic mass is 10.0. The van der Waals surface area contributed by atoms with Crippen LogP contribution in [0.25, 0.3) is 0 Å². The first-order valence-electron chi connectivity index (χ1n) is 8.87. The van der Waals surface area contributed by atoms with E-state index in [4.69, 9.17) is 0 Å². The van der Waals surface area contributed by atoms with Crippen LogP contribution < -0.4 is 4.72 Å². The molecular formula is C18H26N2O5S. The molecule has 0 saturated heterocycles. The Kier molecular flexibility index (Phi) is 6.77. The molecule has 1 aliphatic rings. The van der Waals surface area contributed by atoms with Crippen LogP contribution in [0, 0.1) is 0 Å². The molecule has 0 fully saturated rings. The lowest BCUT2D eigenvalue weighted by Crippen LogP contribution is -2.40. The molecule has 1 unspecified atom stereocenters. The van der Waals surface area contributed by atoms with E-state index in [-0.39, 0.29) is 17.2 Å². The quantitative estimate of drug-likeness (QED) is 0.745. The molecule has 26 heavy (non-hydrogen) atoms. The van der Waals surface area contributed by atoms with Crippen LogP contribution in [0.4, 0.5) is 0 Å². The first-order chi connectivity index (χ1) is 12.2. The summed E-state index contributed by atoms with van der Waals surface area (Å²) in [7, 11) is -3.92. The Morgan fingerprint density at radius 3 is 2.46 bits per heavy atom. The third kappa shape index (κ3) is 5.04. The van der Waals surface area contributed by atoms with E-state index in [9.17, 15) is 23.1 Å². The number of hydrogen-bond acceptors (Lipinski definition) is 4. The largest absolute Gasteiger partial charge is 0.480 e. The fourth-order valence-corrected chi connectivity index (χ4v) is 4.35. The summed E-state index contributed by atoms with van der Waals surface area (Å²) in [5, 5.41) is 9.26. The van der Waals surface area contributed by atoms with Gasteiger partial charge in [0.2, 0.25) is 15.9 Å². The predicted octanol–water partition coefficient (Wildman–Crippen LogP) is 1.56. The van der Waals surface area contributed by atoms with Crippen LogP contribution >= 0.6 is 0 Å². The van der Waals surface area contributed by atoms with Gasteiger partial charge in [0.15, 0.2) is 0 Å². The average molecular weight is 382 g/mol. The number of rotatable bonds is 7. The molecular weight excluding hydrogens is 356 g/mol. The van der Waals surface area contributed by atoms with Crippen LogP contribution in [0.3, 0.4) is 0 Å². The molecule has 2 N–H and O–H groups in total. The number of carbonyl (C=O) groups is 2. The SMILES string of the molecule is CCCCC(NS(=O)(=O)c1ccc2c(c1)CCN(C(C)=O)CC2)C(=O)O. The number of fused-ring (bicyclic) bond motifs is 1. The number of benzene rings is 1. The Bertz CT molecular complexity index is 776. The van der Waals surface area contributed by atoms with Gasteiger partial charge in [-0.3, -0.25) is 9.59 Å². The van der Waals surface area contributed by atoms with Crippen molar-refractivity contribution < 1.29 is 23.1 Å². The normalized spacial score (nSPS) is 15.8. The highest BCUT2D eigenvalue weighted by atomic mass is 32.2. The van der Waals surface area contributed by atoms with Gasteiger partial charge in [-0.05, 0) is 42.5 Å². The van der Waals surface area contributed by atoms with Crippen LogP contribution in [0.1, 0.15) is 44.2 Å². The summed E-state index contributed by atoms with van der Waals surface area (Å²) in [4.78, 5) is 24.7. The van der Waals surface area contributed by atoms with Gasteiger partial charge in [0.25, 0.3) is 0 Å². The molecule has 0 saturated carbocycles. The minimum atomic E-state index is -3.92. The molecule has 1 amide bonds. The first kappa shape index (κ1) is 20.4. The zero-order valence-corrected chi connectivity index (χ0v) is 16.0. The van der Waals surface area contributed by atoms with Crippen molar-refractivity contribution in [3.8, 4) is 0 Å². The van der Waals surface area contributed by atoms with E-state index >= 15 is 0 Å². The minimum absolute atomic E-state index is 0.00698. The standard InChI is InChI=1S/C18H26N2O5S/c1-3-4-5-17(18(22)23)19-26(24,25)16-7-6-14-8-10-20(13(2)21)11-9-15(14)12-16/h6-7,12,17,19H,3-5,8-11H2,1-2H3,(H,22,23). The molecule has 0 aromatic heterocycles. The number of nitrogens with zero attached hydrogens (tertiary/aromatic N) is 1. The van der Waals surface area contributed by atoms with Crippen molar-refractivity contribution in [1.29, 1.82) is 0 Å². The highest BCUT2D eigenvalue weighted by Gasteiger charge is 2.26. The van der Waals surface area contributed by atoms with E-state index in [1.54, 1.807) is 17.0 Å². The van der Waals surface area contributed by atoms with Gasteiger partial charge in [-0.1, -0.05) is 25.8 Å². The number of sulfonamides is 1. The van der Waals surface area contributed by atoms with Crippen LogP contribution in [-0.4, -0.2) is 49.4 Å². The van der Waals surface area contributed by atoms with Crippen molar-refractivity contribution in [2.75, 3.05) is 13.1 Å². The fourth-order valence-electron chi connectivity index (χ4n) is 3.08. The molecule has 144 valence electrons. The second-order valence-electron chi connectivity index (χ2n) is 6.59. The second kappa shape index (κ2) is 8.64. The van der Waals surface area contributed by atoms with E-state index in [2.05, 4.69) is 4.72 Å². The smallest absolute Gasteiger partial charge is 0.321 e. The topological polar surface area (TPSA) is 104 Å². The van der Waals surface area contributed by atoms with Gasteiger partial charge in [0, 0.05) is 20.0 Å². The van der Waals surface area contributed by atoms with Gasteiger partial charge >= 0.3 is 5.97 Å². The van der Waals surface area contributed by atoms with Gasteiger partial charge < -0.3 is 10.0 Å². The van der Waals surface area contributed by atoms with E-state index in [1.165, 1.54) is 13.0 Å². The number of unbranched alkanes of at least 4 members (excludes halogenated alkanes) is 1. The molecule has 7 nitrogen and oxygen atoms in total. The van der Waals surface area contributed by atoms with Crippen LogP contribution in [-0.2, 0) is 32.5 Å². The molecule has 8 heteroatoms. The average Bonchev–Trinajstić information content (AvgIpc) is 2.80. The van der Waals surface area contributed by atoms with E-state index < -0.39 is 22.0 Å². The number of amides is 1. The van der Waals surface area contributed by atoms with Crippen LogP contribution in [0.15, 0.2) is 23.1 Å². The van der Waals surface area contributed by atoms with Crippen molar-refractivity contribution in [2.45, 2.75) is 56.9 Å². The summed E-state index contributed by atoms with van der Waals surface area (Å²) in [6, 6.07) is 3.73. The van der Waals surface area contributed by atoms with Gasteiger partial charge in [-0.25, -0.2) is 8.42 Å². The zero-order valence-electron chi connectivity index (χ0n) is 15.2. The third-order valence-electron chi connectivity index (χ3n) is 4.68. The van der Waals surface area contributed by atoms with E-state index in [0.29, 0.717) is 32.4 Å². The number of carbonyl (C=O) groups excluding carboxylic acids is 1. The predicted molar refractivity (Wildman–Crippen MR) is 97.4 cm³/mol. The van der Waals surface area contributed by atoms with E-state index in [1.807, 2.05) is 6.92 Å². The van der Waals surface area contributed by atoms with Crippen molar-refractivity contribution >= 4 is 21.9 Å². The maximum absolute atomic E-state index is 12.6. The lowest BCUT2D eigenvalue weighted by Gasteiger charge is -2.17. The molecule has 2 rings (SSSR count). The highest BCUT2D eigenvalue weighted by Crippen LogP contribution is 2.21. The molecule has 1 aromatic carbocycles. The maximum Gasteiger partial charge on any atom is 0.321 e. The Hall–Kier alpha value is -1.93. The zero-order chi connectivity index (χ0) is 19.3. The number of nitrogens with one attached hydrogen (secondary N) is 1. The molecule has 1 atom stereocenters. The summed E-state index contributed by atoms with van der Waals surface area (Å²) < 4.78 is 27.5. The van der Waals surface area contributed by atoms with Crippen LogP contribution in [0.2, 0.25) is 0 Å².